The van der Waals surface area contributed by atoms with E-state index < -0.39 is 6.09 Å². The van der Waals surface area contributed by atoms with Gasteiger partial charge in [-0.1, -0.05) is 56.3 Å². The maximum Gasteiger partial charge on any atom is 0.411 e. The van der Waals surface area contributed by atoms with Gasteiger partial charge in [0.05, 0.1) is 12.8 Å². The molecule has 0 atom stereocenters. The van der Waals surface area contributed by atoms with E-state index in [9.17, 15) is 4.79 Å². The number of anilines is 1. The fourth-order valence-electron chi connectivity index (χ4n) is 2.07. The predicted molar refractivity (Wildman–Crippen MR) is 82.0 cm³/mol. The van der Waals surface area contributed by atoms with Gasteiger partial charge < -0.3 is 4.74 Å². The number of benzene rings is 2. The maximum absolute atomic E-state index is 11.4. The van der Waals surface area contributed by atoms with Crippen LogP contribution in [0.2, 0.25) is 0 Å². The van der Waals surface area contributed by atoms with Gasteiger partial charge in [-0.3, -0.25) is 5.32 Å². The quantitative estimate of drug-likeness (QED) is 0.880. The summed E-state index contributed by atoms with van der Waals surface area (Å²) in [5.41, 5.74) is 4.10. The molecular weight excluding hydrogens is 250 g/mol. The van der Waals surface area contributed by atoms with Gasteiger partial charge in [0.2, 0.25) is 0 Å². The molecule has 1 N–H and O–H groups in total. The highest BCUT2D eigenvalue weighted by atomic mass is 16.5. The molecule has 20 heavy (non-hydrogen) atoms. The van der Waals surface area contributed by atoms with E-state index in [-0.39, 0.29) is 0 Å². The monoisotopic (exact) mass is 269 g/mol. The zero-order valence-electron chi connectivity index (χ0n) is 12.0. The first kappa shape index (κ1) is 14.1. The van der Waals surface area contributed by atoms with Gasteiger partial charge in [-0.15, -0.1) is 0 Å². The van der Waals surface area contributed by atoms with Gasteiger partial charge in [0.15, 0.2) is 0 Å². The third-order valence-electron chi connectivity index (χ3n) is 3.21. The third kappa shape index (κ3) is 3.18. The Labute approximate surface area is 119 Å². The number of amides is 1. The lowest BCUT2D eigenvalue weighted by Gasteiger charge is -2.12. The minimum atomic E-state index is -0.461. The molecule has 1 amide bonds. The van der Waals surface area contributed by atoms with Crippen molar-refractivity contribution >= 4 is 11.8 Å². The smallest absolute Gasteiger partial charge is 0.411 e. The van der Waals surface area contributed by atoms with E-state index in [1.807, 2.05) is 36.4 Å². The van der Waals surface area contributed by atoms with Gasteiger partial charge >= 0.3 is 6.09 Å². The molecule has 0 radical (unpaired) electrons. The Morgan fingerprint density at radius 2 is 1.85 bits per heavy atom. The lowest BCUT2D eigenvalue weighted by Crippen LogP contribution is -2.11. The Morgan fingerprint density at radius 1 is 1.10 bits per heavy atom. The van der Waals surface area contributed by atoms with E-state index in [0.29, 0.717) is 5.92 Å². The highest BCUT2D eigenvalue weighted by Gasteiger charge is 2.09. The molecule has 2 aromatic carbocycles. The standard InChI is InChI=1S/C17H19NO2/c1-12(2)13-7-6-8-14(11-13)15-9-4-5-10-16(15)18-17(19)20-3/h4-12H,1-3H3,(H,18,19). The fraction of sp³-hybridized carbons (Fsp3) is 0.235. The van der Waals surface area contributed by atoms with E-state index in [4.69, 9.17) is 0 Å². The number of hydrogen-bond acceptors (Lipinski definition) is 2. The molecule has 0 saturated carbocycles. The van der Waals surface area contributed by atoms with Crippen LogP contribution in [0.25, 0.3) is 11.1 Å². The van der Waals surface area contributed by atoms with Crippen molar-refractivity contribution in [3.05, 3.63) is 54.1 Å². The molecule has 0 unspecified atom stereocenters. The summed E-state index contributed by atoms with van der Waals surface area (Å²) >= 11 is 0. The minimum absolute atomic E-state index is 0.461. The van der Waals surface area contributed by atoms with Crippen LogP contribution < -0.4 is 5.32 Å². The average molecular weight is 269 g/mol. The molecule has 3 nitrogen and oxygen atoms in total. The van der Waals surface area contributed by atoms with Crippen molar-refractivity contribution in [3.63, 3.8) is 0 Å². The molecule has 0 aliphatic heterocycles. The minimum Gasteiger partial charge on any atom is -0.453 e. The largest absolute Gasteiger partial charge is 0.453 e. The van der Waals surface area contributed by atoms with E-state index >= 15 is 0 Å². The van der Waals surface area contributed by atoms with Gasteiger partial charge in [0.25, 0.3) is 0 Å². The SMILES string of the molecule is COC(=O)Nc1ccccc1-c1cccc(C(C)C)c1. The second kappa shape index (κ2) is 6.24. The number of ether oxygens (including phenoxy) is 1. The van der Waals surface area contributed by atoms with Crippen molar-refractivity contribution in [2.45, 2.75) is 19.8 Å². The highest BCUT2D eigenvalue weighted by Crippen LogP contribution is 2.30. The van der Waals surface area contributed by atoms with Crippen LogP contribution >= 0.6 is 0 Å². The van der Waals surface area contributed by atoms with Gasteiger partial charge in [-0.25, -0.2) is 4.79 Å². The topological polar surface area (TPSA) is 38.3 Å². The number of nitrogens with one attached hydrogen (secondary N) is 1. The van der Waals surface area contributed by atoms with Crippen LogP contribution in [0, 0.1) is 0 Å². The van der Waals surface area contributed by atoms with Crippen LogP contribution in [0.3, 0.4) is 0 Å². The van der Waals surface area contributed by atoms with Crippen molar-refractivity contribution in [3.8, 4) is 11.1 Å². The van der Waals surface area contributed by atoms with Crippen molar-refractivity contribution in [2.75, 3.05) is 12.4 Å². The van der Waals surface area contributed by atoms with Crippen molar-refractivity contribution in [1.82, 2.24) is 0 Å². The normalized spacial score (nSPS) is 10.4. The van der Waals surface area contributed by atoms with Crippen LogP contribution in [0.15, 0.2) is 48.5 Å². The molecule has 0 saturated heterocycles. The van der Waals surface area contributed by atoms with Crippen LogP contribution in [0.5, 0.6) is 0 Å². The molecule has 0 heterocycles. The molecule has 0 aromatic heterocycles. The van der Waals surface area contributed by atoms with E-state index in [1.165, 1.54) is 12.7 Å². The molecular formula is C17H19NO2. The number of methoxy groups -OCH3 is 1. The Hall–Kier alpha value is -2.29. The zero-order valence-corrected chi connectivity index (χ0v) is 12.0. The Bertz CT molecular complexity index is 605. The Kier molecular flexibility index (Phi) is 4.41. The number of carbonyl (C=O) groups is 1. The highest BCUT2D eigenvalue weighted by molar-refractivity contribution is 5.91. The number of para-hydroxylation sites is 1. The number of hydrogen-bond donors (Lipinski definition) is 1. The van der Waals surface area contributed by atoms with Crippen LogP contribution in [0.1, 0.15) is 25.3 Å². The lowest BCUT2D eigenvalue weighted by atomic mass is 9.96. The zero-order chi connectivity index (χ0) is 14.5. The van der Waals surface area contributed by atoms with Gasteiger partial charge in [0.1, 0.15) is 0 Å². The first-order chi connectivity index (χ1) is 9.61. The molecule has 2 rings (SSSR count). The summed E-state index contributed by atoms with van der Waals surface area (Å²) in [5.74, 6) is 0.468. The van der Waals surface area contributed by atoms with E-state index in [0.717, 1.165) is 16.8 Å². The lowest BCUT2D eigenvalue weighted by molar-refractivity contribution is 0.187. The molecule has 0 aliphatic carbocycles. The second-order valence-electron chi connectivity index (χ2n) is 4.94. The Morgan fingerprint density at radius 3 is 2.55 bits per heavy atom. The molecule has 0 fully saturated rings. The molecule has 0 bridgehead atoms. The van der Waals surface area contributed by atoms with Crippen LogP contribution in [0.4, 0.5) is 10.5 Å². The molecule has 2 aromatic rings. The third-order valence-corrected chi connectivity index (χ3v) is 3.21. The summed E-state index contributed by atoms with van der Waals surface area (Å²) in [6.45, 7) is 4.33. The molecule has 3 heteroatoms. The summed E-state index contributed by atoms with van der Waals surface area (Å²) in [7, 11) is 1.36. The average Bonchev–Trinajstić information content (AvgIpc) is 2.47. The number of carbonyl (C=O) groups excluding carboxylic acids is 1. The fourth-order valence-corrected chi connectivity index (χ4v) is 2.07. The summed E-state index contributed by atoms with van der Waals surface area (Å²) in [4.78, 5) is 11.4. The number of rotatable bonds is 3. The first-order valence-electron chi connectivity index (χ1n) is 6.66. The van der Waals surface area contributed by atoms with Gasteiger partial charge in [-0.05, 0) is 23.1 Å². The molecule has 104 valence electrons. The molecule has 0 spiro atoms. The maximum atomic E-state index is 11.4. The Balaban J connectivity index is 2.42. The van der Waals surface area contributed by atoms with Crippen molar-refractivity contribution < 1.29 is 9.53 Å². The predicted octanol–water partition coefficient (Wildman–Crippen LogP) is 4.66. The summed E-state index contributed by atoms with van der Waals surface area (Å²) in [6, 6.07) is 16.1. The van der Waals surface area contributed by atoms with Crippen molar-refractivity contribution in [2.24, 2.45) is 0 Å². The summed E-state index contributed by atoms with van der Waals surface area (Å²) in [5, 5.41) is 2.75. The molecule has 0 aliphatic rings. The summed E-state index contributed by atoms with van der Waals surface area (Å²) in [6.07, 6.45) is -0.461. The van der Waals surface area contributed by atoms with Crippen LogP contribution in [-0.4, -0.2) is 13.2 Å². The van der Waals surface area contributed by atoms with Crippen LogP contribution in [-0.2, 0) is 4.74 Å². The van der Waals surface area contributed by atoms with Gasteiger partial charge in [0, 0.05) is 5.56 Å². The van der Waals surface area contributed by atoms with Crippen molar-refractivity contribution in [1.29, 1.82) is 0 Å². The summed E-state index contributed by atoms with van der Waals surface area (Å²) < 4.78 is 4.66. The van der Waals surface area contributed by atoms with E-state index in [1.54, 1.807) is 0 Å². The first-order valence-corrected chi connectivity index (χ1v) is 6.66. The second-order valence-corrected chi connectivity index (χ2v) is 4.94. The van der Waals surface area contributed by atoms with E-state index in [2.05, 4.69) is 36.0 Å². The van der Waals surface area contributed by atoms with Gasteiger partial charge in [-0.2, -0.15) is 0 Å².